The fourth-order valence-corrected chi connectivity index (χ4v) is 4.54. The maximum absolute atomic E-state index is 12.6. The van der Waals surface area contributed by atoms with E-state index in [2.05, 4.69) is 25.0 Å². The number of ether oxygens (including phenoxy) is 1. The van der Waals surface area contributed by atoms with Crippen LogP contribution in [0.4, 0.5) is 11.6 Å². The Kier molecular flexibility index (Phi) is 5.80. The second-order valence-electron chi connectivity index (χ2n) is 7.86. The zero-order chi connectivity index (χ0) is 21.0. The second kappa shape index (κ2) is 9.01. The molecule has 1 aromatic heterocycles. The van der Waals surface area contributed by atoms with E-state index in [0.717, 1.165) is 42.8 Å². The normalized spacial score (nSPS) is 15.8. The van der Waals surface area contributed by atoms with Gasteiger partial charge in [0.05, 0.1) is 5.75 Å². The van der Waals surface area contributed by atoms with E-state index in [0.29, 0.717) is 17.5 Å². The van der Waals surface area contributed by atoms with E-state index in [9.17, 15) is 4.79 Å². The lowest BCUT2D eigenvalue weighted by molar-refractivity contribution is -0.113. The number of aromatic nitrogens is 3. The number of benzene rings is 2. The summed E-state index contributed by atoms with van der Waals surface area (Å²) in [5, 5.41) is 12.6. The van der Waals surface area contributed by atoms with Gasteiger partial charge in [0.2, 0.25) is 11.9 Å². The van der Waals surface area contributed by atoms with Gasteiger partial charge in [-0.1, -0.05) is 36.0 Å². The molecule has 0 radical (unpaired) electrons. The van der Waals surface area contributed by atoms with Crippen molar-refractivity contribution in [3.63, 3.8) is 0 Å². The average Bonchev–Trinajstić information content (AvgIpc) is 3.30. The first-order valence-electron chi connectivity index (χ1n) is 10.7. The maximum atomic E-state index is 12.6. The molecule has 0 spiro atoms. The van der Waals surface area contributed by atoms with E-state index < -0.39 is 0 Å². The molecule has 0 atom stereocenters. The monoisotopic (exact) mass is 435 g/mol. The molecule has 7 nitrogen and oxygen atoms in total. The molecule has 1 aliphatic carbocycles. The highest BCUT2D eigenvalue weighted by Gasteiger charge is 2.32. The molecule has 2 fully saturated rings. The summed E-state index contributed by atoms with van der Waals surface area (Å²) in [7, 11) is 0. The Morgan fingerprint density at radius 2 is 1.81 bits per heavy atom. The molecule has 160 valence electrons. The number of nitrogens with one attached hydrogen (secondary N) is 1. The number of anilines is 2. The van der Waals surface area contributed by atoms with Gasteiger partial charge in [-0.25, -0.2) is 0 Å². The molecule has 31 heavy (non-hydrogen) atoms. The molecule has 8 heteroatoms. The highest BCUT2D eigenvalue weighted by atomic mass is 32.2. The third-order valence-electron chi connectivity index (χ3n) is 5.38. The molecule has 0 unspecified atom stereocenters. The van der Waals surface area contributed by atoms with Gasteiger partial charge in [0.15, 0.2) is 5.16 Å². The van der Waals surface area contributed by atoms with E-state index >= 15 is 0 Å². The van der Waals surface area contributed by atoms with Crippen molar-refractivity contribution < 1.29 is 9.53 Å². The quantitative estimate of drug-likeness (QED) is 0.516. The molecule has 2 heterocycles. The van der Waals surface area contributed by atoms with Crippen molar-refractivity contribution in [1.29, 1.82) is 0 Å². The minimum absolute atomic E-state index is 0.0741. The molecule has 1 amide bonds. The van der Waals surface area contributed by atoms with Crippen molar-refractivity contribution in [2.24, 2.45) is 0 Å². The van der Waals surface area contributed by atoms with Crippen LogP contribution in [0, 0.1) is 0 Å². The summed E-state index contributed by atoms with van der Waals surface area (Å²) in [5.74, 6) is 2.62. The molecule has 1 saturated heterocycles. The van der Waals surface area contributed by atoms with Crippen molar-refractivity contribution in [2.75, 3.05) is 29.1 Å². The second-order valence-corrected chi connectivity index (χ2v) is 8.80. The largest absolute Gasteiger partial charge is 0.457 e. The van der Waals surface area contributed by atoms with Crippen LogP contribution >= 0.6 is 11.8 Å². The number of hydrogen-bond acceptors (Lipinski definition) is 6. The first kappa shape index (κ1) is 19.9. The van der Waals surface area contributed by atoms with E-state index in [4.69, 9.17) is 4.74 Å². The van der Waals surface area contributed by atoms with Crippen LogP contribution in [-0.2, 0) is 4.79 Å². The molecule has 1 saturated carbocycles. The van der Waals surface area contributed by atoms with Crippen LogP contribution in [0.1, 0.15) is 31.7 Å². The Morgan fingerprint density at radius 1 is 1.03 bits per heavy atom. The molecule has 1 N–H and O–H groups in total. The van der Waals surface area contributed by atoms with Crippen LogP contribution in [0.5, 0.6) is 11.5 Å². The summed E-state index contributed by atoms with van der Waals surface area (Å²) in [6.07, 6.45) is 4.73. The van der Waals surface area contributed by atoms with Crippen LogP contribution in [0.15, 0.2) is 59.8 Å². The van der Waals surface area contributed by atoms with Crippen molar-refractivity contribution >= 4 is 29.3 Å². The molecule has 5 rings (SSSR count). The number of para-hydroxylation sites is 1. The smallest absolute Gasteiger partial charge is 0.234 e. The number of nitrogens with zero attached hydrogens (tertiary/aromatic N) is 4. The Labute approximate surface area is 185 Å². The molecule has 1 aliphatic heterocycles. The van der Waals surface area contributed by atoms with E-state index in [1.165, 1.54) is 24.6 Å². The number of hydrogen-bond donors (Lipinski definition) is 1. The first-order valence-corrected chi connectivity index (χ1v) is 11.7. The van der Waals surface area contributed by atoms with Crippen LogP contribution in [0.2, 0.25) is 0 Å². The Bertz CT molecular complexity index is 1050. The zero-order valence-corrected chi connectivity index (χ0v) is 18.1. The first-order chi connectivity index (χ1) is 15.3. The van der Waals surface area contributed by atoms with Gasteiger partial charge in [0.25, 0.3) is 0 Å². The number of amides is 1. The Morgan fingerprint density at radius 3 is 2.58 bits per heavy atom. The third-order valence-corrected chi connectivity index (χ3v) is 6.32. The summed E-state index contributed by atoms with van der Waals surface area (Å²) < 4.78 is 8.08. The predicted octanol–water partition coefficient (Wildman–Crippen LogP) is 4.74. The standard InChI is InChI=1S/C23H25N5O2S/c29-21(24-17-7-6-10-20(15-17)30-19-8-2-1-3-9-19)16-31-23-26-25-22(27-13-4-5-14-27)28(23)18-11-12-18/h1-3,6-10,15,18H,4-5,11-14,16H2,(H,24,29). The molecule has 0 bridgehead atoms. The van der Waals surface area contributed by atoms with Crippen molar-refractivity contribution in [3.8, 4) is 11.5 Å². The van der Waals surface area contributed by atoms with Crippen molar-refractivity contribution in [1.82, 2.24) is 14.8 Å². The summed E-state index contributed by atoms with van der Waals surface area (Å²) >= 11 is 1.45. The molecule has 3 aromatic rings. The van der Waals surface area contributed by atoms with E-state index in [1.807, 2.05) is 54.6 Å². The van der Waals surface area contributed by atoms with E-state index in [1.54, 1.807) is 0 Å². The lowest BCUT2D eigenvalue weighted by atomic mass is 10.3. The number of rotatable bonds is 8. The summed E-state index contributed by atoms with van der Waals surface area (Å²) in [4.78, 5) is 14.9. The van der Waals surface area contributed by atoms with Gasteiger partial charge in [0, 0.05) is 30.9 Å². The minimum atomic E-state index is -0.0741. The Balaban J connectivity index is 1.20. The third kappa shape index (κ3) is 4.85. The molecular formula is C23H25N5O2S. The van der Waals surface area contributed by atoms with Crippen molar-refractivity contribution in [2.45, 2.75) is 36.9 Å². The average molecular weight is 436 g/mol. The van der Waals surface area contributed by atoms with Gasteiger partial charge in [-0.3, -0.25) is 9.36 Å². The maximum Gasteiger partial charge on any atom is 0.234 e. The van der Waals surface area contributed by atoms with Gasteiger partial charge in [0.1, 0.15) is 11.5 Å². The lowest BCUT2D eigenvalue weighted by Crippen LogP contribution is -2.22. The topological polar surface area (TPSA) is 72.3 Å². The van der Waals surface area contributed by atoms with Gasteiger partial charge >= 0.3 is 0 Å². The lowest BCUT2D eigenvalue weighted by Gasteiger charge is -2.17. The van der Waals surface area contributed by atoms with Crippen LogP contribution in [0.25, 0.3) is 0 Å². The zero-order valence-electron chi connectivity index (χ0n) is 17.2. The number of carbonyl (C=O) groups excluding carboxylic acids is 1. The van der Waals surface area contributed by atoms with Gasteiger partial charge in [-0.15, -0.1) is 10.2 Å². The summed E-state index contributed by atoms with van der Waals surface area (Å²) in [6, 6.07) is 17.5. The van der Waals surface area contributed by atoms with Crippen LogP contribution in [0.3, 0.4) is 0 Å². The van der Waals surface area contributed by atoms with Crippen LogP contribution in [-0.4, -0.2) is 39.5 Å². The van der Waals surface area contributed by atoms with Crippen molar-refractivity contribution in [3.05, 3.63) is 54.6 Å². The van der Waals surface area contributed by atoms with Crippen LogP contribution < -0.4 is 15.0 Å². The highest BCUT2D eigenvalue weighted by molar-refractivity contribution is 7.99. The minimum Gasteiger partial charge on any atom is -0.457 e. The molecule has 2 aromatic carbocycles. The number of thioether (sulfide) groups is 1. The Hall–Kier alpha value is -3.00. The summed E-state index contributed by atoms with van der Waals surface area (Å²) in [5.41, 5.74) is 0.709. The molecular weight excluding hydrogens is 410 g/mol. The van der Waals surface area contributed by atoms with Gasteiger partial charge in [-0.2, -0.15) is 0 Å². The number of carbonyl (C=O) groups is 1. The summed E-state index contributed by atoms with van der Waals surface area (Å²) in [6.45, 7) is 2.08. The predicted molar refractivity (Wildman–Crippen MR) is 122 cm³/mol. The van der Waals surface area contributed by atoms with Gasteiger partial charge < -0.3 is 15.0 Å². The highest BCUT2D eigenvalue weighted by Crippen LogP contribution is 2.41. The van der Waals surface area contributed by atoms with E-state index in [-0.39, 0.29) is 11.7 Å². The fraction of sp³-hybridized carbons (Fsp3) is 0.348. The SMILES string of the molecule is O=C(CSc1nnc(N2CCCC2)n1C1CC1)Nc1cccc(Oc2ccccc2)c1. The fourth-order valence-electron chi connectivity index (χ4n) is 3.74. The van der Waals surface area contributed by atoms with Gasteiger partial charge in [-0.05, 0) is 49.9 Å². The molecule has 2 aliphatic rings.